The molecule has 0 radical (unpaired) electrons. The molecule has 0 spiro atoms. The molecule has 4 aromatic carbocycles. The van der Waals surface area contributed by atoms with Crippen LogP contribution in [0, 0.1) is 25.7 Å². The number of aliphatic hydroxyl groups is 2. The Hall–Kier alpha value is -6.42. The lowest BCUT2D eigenvalue weighted by Gasteiger charge is -2.28. The number of aromatic hydroxyl groups is 2. The maximum Gasteiger partial charge on any atom is 0.229 e. The zero-order chi connectivity index (χ0) is 39.9. The van der Waals surface area contributed by atoms with Crippen LogP contribution < -0.4 is 20.1 Å². The Labute approximate surface area is 320 Å². The number of ether oxygens (including phenoxy) is 2. The van der Waals surface area contributed by atoms with Crippen molar-refractivity contribution >= 4 is 45.2 Å². The molecule has 0 saturated carbocycles. The molecule has 0 aliphatic heterocycles. The van der Waals surface area contributed by atoms with Crippen LogP contribution in [0.3, 0.4) is 0 Å². The van der Waals surface area contributed by atoms with Gasteiger partial charge in [0.25, 0.3) is 0 Å². The first-order chi connectivity index (χ1) is 26.2. The highest BCUT2D eigenvalue weighted by atomic mass is 16.5. The van der Waals surface area contributed by atoms with Gasteiger partial charge >= 0.3 is 0 Å². The monoisotopic (exact) mass is 742 g/mol. The van der Waals surface area contributed by atoms with Gasteiger partial charge < -0.3 is 40.5 Å². The van der Waals surface area contributed by atoms with Gasteiger partial charge in [-0.15, -0.1) is 0 Å². The number of rotatable bonds is 9. The second-order valence-corrected chi connectivity index (χ2v) is 14.4. The van der Waals surface area contributed by atoms with Gasteiger partial charge in [0.15, 0.2) is 11.5 Å². The molecule has 10 nitrogen and oxygen atoms in total. The molecule has 55 heavy (non-hydrogen) atoms. The summed E-state index contributed by atoms with van der Waals surface area (Å²) < 4.78 is 10.5. The molecule has 6 rings (SSSR count). The fourth-order valence-electron chi connectivity index (χ4n) is 7.50. The summed E-state index contributed by atoms with van der Waals surface area (Å²) in [6.45, 7) is 11.0. The fraction of sp³-hybridized carbons (Fsp3) is 0.244. The number of nitrogens with one attached hydrogen (secondary N) is 2. The summed E-state index contributed by atoms with van der Waals surface area (Å²) in [6, 6.07) is 17.9. The van der Waals surface area contributed by atoms with Gasteiger partial charge in [-0.25, -0.2) is 0 Å². The third-order valence-corrected chi connectivity index (χ3v) is 10.1. The molecule has 0 unspecified atom stereocenters. The van der Waals surface area contributed by atoms with Crippen molar-refractivity contribution in [2.75, 3.05) is 24.9 Å². The van der Waals surface area contributed by atoms with Crippen molar-refractivity contribution in [3.8, 4) is 34.1 Å². The number of benzene rings is 4. The van der Waals surface area contributed by atoms with Gasteiger partial charge in [-0.2, -0.15) is 0 Å². The number of hydrogen-bond donors (Lipinski definition) is 6. The van der Waals surface area contributed by atoms with E-state index in [9.17, 15) is 30.0 Å². The van der Waals surface area contributed by atoms with Crippen molar-refractivity contribution in [2.24, 2.45) is 11.8 Å². The predicted molar refractivity (Wildman–Crippen MR) is 217 cm³/mol. The lowest BCUT2D eigenvalue weighted by atomic mass is 9.76. The molecular formula is C45H46N2O8. The Morgan fingerprint density at radius 1 is 0.618 bits per heavy atom. The van der Waals surface area contributed by atoms with Crippen LogP contribution in [0.5, 0.6) is 23.0 Å². The molecule has 2 aliphatic rings. The zero-order valence-corrected chi connectivity index (χ0v) is 32.2. The quantitative estimate of drug-likeness (QED) is 0.0913. The minimum Gasteiger partial charge on any atom is -0.507 e. The van der Waals surface area contributed by atoms with Gasteiger partial charge in [0, 0.05) is 63.6 Å². The molecule has 0 amide bonds. The van der Waals surface area contributed by atoms with Gasteiger partial charge in [-0.3, -0.25) is 9.59 Å². The van der Waals surface area contributed by atoms with Crippen LogP contribution in [0.2, 0.25) is 0 Å². The Morgan fingerprint density at radius 3 is 1.53 bits per heavy atom. The number of carbonyl (C=O) groups is 2. The van der Waals surface area contributed by atoms with Crippen molar-refractivity contribution in [1.82, 2.24) is 0 Å². The van der Waals surface area contributed by atoms with E-state index in [-0.39, 0.29) is 52.2 Å². The smallest absolute Gasteiger partial charge is 0.229 e. The van der Waals surface area contributed by atoms with Crippen LogP contribution in [0.15, 0.2) is 84.6 Å². The van der Waals surface area contributed by atoms with Crippen LogP contribution in [-0.2, 0) is 9.59 Å². The van der Waals surface area contributed by atoms with E-state index in [1.54, 1.807) is 70.7 Å². The highest BCUT2D eigenvalue weighted by Gasteiger charge is 2.37. The molecule has 0 saturated heterocycles. The Kier molecular flexibility index (Phi) is 10.5. The van der Waals surface area contributed by atoms with Crippen molar-refractivity contribution < 1.29 is 39.5 Å². The largest absolute Gasteiger partial charge is 0.507 e. The first kappa shape index (κ1) is 38.3. The molecule has 2 aliphatic carbocycles. The van der Waals surface area contributed by atoms with E-state index in [1.165, 1.54) is 6.20 Å². The van der Waals surface area contributed by atoms with Crippen molar-refractivity contribution in [3.63, 3.8) is 0 Å². The normalized spacial score (nSPS) is 15.8. The van der Waals surface area contributed by atoms with E-state index in [4.69, 9.17) is 9.47 Å². The maximum atomic E-state index is 13.9. The number of aliphatic hydroxyl groups excluding tert-OH is 2. The number of anilines is 2. The molecule has 284 valence electrons. The summed E-state index contributed by atoms with van der Waals surface area (Å²) in [5.74, 6) is -1.64. The number of fused-ring (bicyclic) bond motifs is 2. The molecule has 0 bridgehead atoms. The van der Waals surface area contributed by atoms with E-state index < -0.39 is 17.3 Å². The van der Waals surface area contributed by atoms with E-state index in [2.05, 4.69) is 10.6 Å². The lowest BCUT2D eigenvalue weighted by Crippen LogP contribution is -2.19. The Bertz CT molecular complexity index is 2340. The lowest BCUT2D eigenvalue weighted by molar-refractivity contribution is -0.117. The molecule has 0 fully saturated rings. The number of ketones is 2. The number of carbonyl (C=O) groups excluding carboxylic acids is 2. The van der Waals surface area contributed by atoms with Crippen molar-refractivity contribution in [1.29, 1.82) is 0 Å². The first-order valence-corrected chi connectivity index (χ1v) is 18.1. The second kappa shape index (κ2) is 15.1. The summed E-state index contributed by atoms with van der Waals surface area (Å²) in [4.78, 5) is 27.4. The Balaban J connectivity index is 1.60. The third-order valence-electron chi connectivity index (χ3n) is 10.1. The molecule has 0 atom stereocenters. The summed E-state index contributed by atoms with van der Waals surface area (Å²) >= 11 is 0. The van der Waals surface area contributed by atoms with Gasteiger partial charge in [0.2, 0.25) is 11.6 Å². The number of allylic oxidation sites excluding steroid dienone is 5. The van der Waals surface area contributed by atoms with Gasteiger partial charge in [-0.05, 0) is 102 Å². The number of hydrogen-bond acceptors (Lipinski definition) is 10. The van der Waals surface area contributed by atoms with Gasteiger partial charge in [0.1, 0.15) is 23.0 Å². The Morgan fingerprint density at radius 2 is 1.05 bits per heavy atom. The highest BCUT2D eigenvalue weighted by Crippen LogP contribution is 2.53. The van der Waals surface area contributed by atoms with Crippen LogP contribution in [-0.4, -0.2) is 46.2 Å². The minimum absolute atomic E-state index is 0.0307. The second-order valence-electron chi connectivity index (χ2n) is 14.4. The molecule has 6 N–H and O–H groups in total. The molecular weight excluding hydrogens is 697 g/mol. The standard InChI is InChI=1S/C45H46N2O8/c1-22(2)35-31-17-24(5)37(43(51)39(31)26(19-34(48)42(35)50)20-46-27-9-13-29(54-7)14-10-27)38-25(6)18-32-36(23(3)4)45(53)41(49)33(40(32)44(38)52)21-47-28-11-15-30(55-8)16-12-28/h9-18,20-23,46-47,50-53H,19H2,1-8H3/b26-20-,33-21-. The van der Waals surface area contributed by atoms with Gasteiger partial charge in [-0.1, -0.05) is 39.8 Å². The summed E-state index contributed by atoms with van der Waals surface area (Å²) in [6.07, 6.45) is 2.88. The molecule has 0 aromatic heterocycles. The van der Waals surface area contributed by atoms with Crippen molar-refractivity contribution in [2.45, 2.75) is 48.0 Å². The zero-order valence-electron chi connectivity index (χ0n) is 32.2. The average Bonchev–Trinajstić information content (AvgIpc) is 3.25. The van der Waals surface area contributed by atoms with E-state index in [0.717, 1.165) is 0 Å². The predicted octanol–water partition coefficient (Wildman–Crippen LogP) is 9.71. The molecule has 0 heterocycles. The van der Waals surface area contributed by atoms with E-state index in [0.29, 0.717) is 73.0 Å². The van der Waals surface area contributed by atoms with E-state index >= 15 is 0 Å². The van der Waals surface area contributed by atoms with Crippen molar-refractivity contribution in [3.05, 3.63) is 118 Å². The average molecular weight is 743 g/mol. The van der Waals surface area contributed by atoms with E-state index in [1.807, 2.05) is 52.0 Å². The van der Waals surface area contributed by atoms with Crippen LogP contribution in [0.25, 0.3) is 33.4 Å². The van der Waals surface area contributed by atoms with Crippen LogP contribution in [0.4, 0.5) is 11.4 Å². The van der Waals surface area contributed by atoms with Gasteiger partial charge in [0.05, 0.1) is 19.8 Å². The fourth-order valence-corrected chi connectivity index (χ4v) is 7.50. The summed E-state index contributed by atoms with van der Waals surface area (Å²) in [5.41, 5.74) is 5.80. The number of methoxy groups -OCH3 is 2. The summed E-state index contributed by atoms with van der Waals surface area (Å²) in [5, 5.41) is 53.8. The number of aryl methyl sites for hydroxylation is 2. The number of Topliss-reactive ketones (excluding diaryl/α,β-unsaturated/α-hetero) is 2. The topological polar surface area (TPSA) is 158 Å². The first-order valence-electron chi connectivity index (χ1n) is 18.1. The van der Waals surface area contributed by atoms with Crippen LogP contribution >= 0.6 is 0 Å². The minimum atomic E-state index is -0.666. The van der Waals surface area contributed by atoms with Crippen LogP contribution in [0.1, 0.15) is 67.5 Å². The molecule has 10 heteroatoms. The maximum absolute atomic E-state index is 13.9. The number of phenols is 2. The molecule has 4 aromatic rings. The number of phenolic OH excluding ortho intramolecular Hbond substituents is 2. The summed E-state index contributed by atoms with van der Waals surface area (Å²) in [7, 11) is 3.14. The SMILES string of the molecule is COc1ccc(N/C=C2/CC(=O)C(O)=C(C(C)C)c3cc(C)c(-c4c(C)cc5c(c4O)/C(=C/Nc4ccc(OC)cc4)C(=O)C(O)=C5C(C)C)c(O)c32)cc1. The highest BCUT2D eigenvalue weighted by molar-refractivity contribution is 6.34. The third kappa shape index (κ3) is 6.91.